The molecule has 2 aliphatic rings. The first-order valence-electron chi connectivity index (χ1n) is 6.90. The zero-order valence-electron chi connectivity index (χ0n) is 10.8. The van der Waals surface area contributed by atoms with Crippen molar-refractivity contribution in [3.8, 4) is 0 Å². The van der Waals surface area contributed by atoms with Crippen LogP contribution < -0.4 is 11.1 Å². The van der Waals surface area contributed by atoms with E-state index in [0.29, 0.717) is 18.5 Å². The second kappa shape index (κ2) is 5.83. The summed E-state index contributed by atoms with van der Waals surface area (Å²) >= 11 is 0. The molecule has 1 saturated carbocycles. The van der Waals surface area contributed by atoms with Crippen LogP contribution >= 0.6 is 0 Å². The van der Waals surface area contributed by atoms with Crippen LogP contribution in [0.3, 0.4) is 0 Å². The Balaban J connectivity index is 1.59. The van der Waals surface area contributed by atoms with Gasteiger partial charge >= 0.3 is 0 Å². The highest BCUT2D eigenvalue weighted by Gasteiger charge is 2.28. The van der Waals surface area contributed by atoms with Crippen LogP contribution in [0.15, 0.2) is 0 Å². The molecule has 1 amide bonds. The maximum absolute atomic E-state index is 11.8. The van der Waals surface area contributed by atoms with Gasteiger partial charge in [-0.25, -0.2) is 0 Å². The minimum absolute atomic E-state index is 0.174. The molecule has 1 heterocycles. The van der Waals surface area contributed by atoms with E-state index < -0.39 is 0 Å². The molecule has 0 bridgehead atoms. The molecule has 98 valence electrons. The Kier molecular flexibility index (Phi) is 4.40. The van der Waals surface area contributed by atoms with Crippen LogP contribution in [0.25, 0.3) is 0 Å². The summed E-state index contributed by atoms with van der Waals surface area (Å²) in [6.45, 7) is 5.55. The van der Waals surface area contributed by atoms with Gasteiger partial charge in [0.05, 0.1) is 6.54 Å². The molecule has 1 aliphatic heterocycles. The van der Waals surface area contributed by atoms with Gasteiger partial charge in [0.1, 0.15) is 0 Å². The van der Waals surface area contributed by atoms with Crippen molar-refractivity contribution in [2.75, 3.05) is 26.2 Å². The van der Waals surface area contributed by atoms with Gasteiger partial charge in [0.15, 0.2) is 0 Å². The minimum atomic E-state index is 0.174. The van der Waals surface area contributed by atoms with Crippen molar-refractivity contribution in [1.29, 1.82) is 0 Å². The third kappa shape index (κ3) is 4.28. The van der Waals surface area contributed by atoms with Gasteiger partial charge < -0.3 is 11.1 Å². The van der Waals surface area contributed by atoms with Gasteiger partial charge in [0, 0.05) is 25.7 Å². The van der Waals surface area contributed by atoms with Crippen molar-refractivity contribution < 1.29 is 4.79 Å². The third-order valence-corrected chi connectivity index (χ3v) is 4.05. The predicted octanol–water partition coefficient (Wildman–Crippen LogP) is 0.572. The fraction of sp³-hybridized carbons (Fsp3) is 0.923. The summed E-state index contributed by atoms with van der Waals surface area (Å²) in [5, 5.41) is 3.05. The summed E-state index contributed by atoms with van der Waals surface area (Å²) in [4.78, 5) is 14.0. The Morgan fingerprint density at radius 2 is 2.00 bits per heavy atom. The number of amides is 1. The lowest BCUT2D eigenvalue weighted by Gasteiger charge is -2.29. The summed E-state index contributed by atoms with van der Waals surface area (Å²) in [5.74, 6) is 1.69. The second-order valence-electron chi connectivity index (χ2n) is 5.73. The van der Waals surface area contributed by atoms with E-state index in [1.165, 1.54) is 12.8 Å². The second-order valence-corrected chi connectivity index (χ2v) is 5.73. The van der Waals surface area contributed by atoms with Gasteiger partial charge in [-0.05, 0) is 37.5 Å². The predicted molar refractivity (Wildman–Crippen MR) is 68.5 cm³/mol. The zero-order valence-corrected chi connectivity index (χ0v) is 10.8. The van der Waals surface area contributed by atoms with Crippen molar-refractivity contribution in [2.45, 2.75) is 38.6 Å². The number of carbonyl (C=O) groups excluding carboxylic acids is 1. The van der Waals surface area contributed by atoms with Crippen molar-refractivity contribution in [1.82, 2.24) is 10.2 Å². The molecule has 0 radical (unpaired) electrons. The van der Waals surface area contributed by atoms with Gasteiger partial charge in [0.25, 0.3) is 0 Å². The molecule has 2 fully saturated rings. The normalized spacial score (nSPS) is 24.6. The molecule has 0 aromatic heterocycles. The lowest BCUT2D eigenvalue weighted by atomic mass is 10.1. The summed E-state index contributed by atoms with van der Waals surface area (Å²) in [6.07, 6.45) is 4.74. The monoisotopic (exact) mass is 239 g/mol. The smallest absolute Gasteiger partial charge is 0.234 e. The standard InChI is InChI=1S/C13H25N3O/c1-10(11-2-3-11)8-15-13(17)9-16-6-4-12(14)5-7-16/h10-12H,2-9,14H2,1H3,(H,15,17). The number of nitrogens with zero attached hydrogens (tertiary/aromatic N) is 1. The van der Waals surface area contributed by atoms with Crippen LogP contribution in [0.5, 0.6) is 0 Å². The Labute approximate surface area is 104 Å². The van der Waals surface area contributed by atoms with Crippen LogP contribution in [0, 0.1) is 11.8 Å². The molecule has 3 N–H and O–H groups in total. The third-order valence-electron chi connectivity index (χ3n) is 4.05. The fourth-order valence-electron chi connectivity index (χ4n) is 2.48. The van der Waals surface area contributed by atoms with Crippen molar-refractivity contribution in [2.24, 2.45) is 17.6 Å². The van der Waals surface area contributed by atoms with E-state index >= 15 is 0 Å². The van der Waals surface area contributed by atoms with E-state index in [1.807, 2.05) is 0 Å². The Morgan fingerprint density at radius 1 is 1.35 bits per heavy atom. The lowest BCUT2D eigenvalue weighted by Crippen LogP contribution is -2.45. The number of rotatable bonds is 5. The number of nitrogens with two attached hydrogens (primary N) is 1. The average Bonchev–Trinajstić information content (AvgIpc) is 3.13. The summed E-state index contributed by atoms with van der Waals surface area (Å²) in [6, 6.07) is 0.337. The molecular formula is C13H25N3O. The molecule has 0 aromatic carbocycles. The van der Waals surface area contributed by atoms with Gasteiger partial charge in [0.2, 0.25) is 5.91 Å². The highest BCUT2D eigenvalue weighted by atomic mass is 16.2. The highest BCUT2D eigenvalue weighted by molar-refractivity contribution is 5.78. The summed E-state index contributed by atoms with van der Waals surface area (Å²) in [7, 11) is 0. The minimum Gasteiger partial charge on any atom is -0.355 e. The van der Waals surface area contributed by atoms with Crippen LogP contribution in [0.4, 0.5) is 0 Å². The van der Waals surface area contributed by atoms with E-state index in [2.05, 4.69) is 17.1 Å². The maximum atomic E-state index is 11.8. The number of hydrogen-bond donors (Lipinski definition) is 2. The Bertz CT molecular complexity index is 257. The van der Waals surface area contributed by atoms with E-state index in [4.69, 9.17) is 5.73 Å². The van der Waals surface area contributed by atoms with Gasteiger partial charge in [-0.15, -0.1) is 0 Å². The molecule has 0 aromatic rings. The molecule has 1 saturated heterocycles. The van der Waals surface area contributed by atoms with Crippen molar-refractivity contribution >= 4 is 5.91 Å². The molecule has 4 heteroatoms. The molecule has 17 heavy (non-hydrogen) atoms. The molecule has 1 atom stereocenters. The molecule has 2 rings (SSSR count). The van der Waals surface area contributed by atoms with Crippen LogP contribution in [-0.2, 0) is 4.79 Å². The van der Waals surface area contributed by atoms with Crippen LogP contribution in [0.2, 0.25) is 0 Å². The molecular weight excluding hydrogens is 214 g/mol. The first-order valence-corrected chi connectivity index (χ1v) is 6.90. The Morgan fingerprint density at radius 3 is 2.59 bits per heavy atom. The number of likely N-dealkylation sites (tertiary alicyclic amines) is 1. The van der Waals surface area contributed by atoms with Crippen LogP contribution in [0.1, 0.15) is 32.6 Å². The van der Waals surface area contributed by atoms with Crippen molar-refractivity contribution in [3.05, 3.63) is 0 Å². The zero-order chi connectivity index (χ0) is 12.3. The molecule has 0 spiro atoms. The van der Waals surface area contributed by atoms with Crippen molar-refractivity contribution in [3.63, 3.8) is 0 Å². The summed E-state index contributed by atoms with van der Waals surface area (Å²) < 4.78 is 0. The number of piperidine rings is 1. The fourth-order valence-corrected chi connectivity index (χ4v) is 2.48. The number of nitrogens with one attached hydrogen (secondary N) is 1. The van der Waals surface area contributed by atoms with E-state index in [-0.39, 0.29) is 5.91 Å². The summed E-state index contributed by atoms with van der Waals surface area (Å²) in [5.41, 5.74) is 5.84. The van der Waals surface area contributed by atoms with Gasteiger partial charge in [-0.3, -0.25) is 9.69 Å². The average molecular weight is 239 g/mol. The van der Waals surface area contributed by atoms with E-state index in [9.17, 15) is 4.79 Å². The largest absolute Gasteiger partial charge is 0.355 e. The Hall–Kier alpha value is -0.610. The SMILES string of the molecule is CC(CNC(=O)CN1CCC(N)CC1)C1CC1. The van der Waals surface area contributed by atoms with Crippen LogP contribution in [-0.4, -0.2) is 43.0 Å². The number of hydrogen-bond acceptors (Lipinski definition) is 3. The quantitative estimate of drug-likeness (QED) is 0.737. The first-order chi connectivity index (χ1) is 8.15. The number of carbonyl (C=O) groups is 1. The lowest BCUT2D eigenvalue weighted by molar-refractivity contribution is -0.122. The van der Waals surface area contributed by atoms with E-state index in [0.717, 1.165) is 38.4 Å². The van der Waals surface area contributed by atoms with Gasteiger partial charge in [-0.1, -0.05) is 6.92 Å². The molecule has 1 aliphatic carbocycles. The van der Waals surface area contributed by atoms with Gasteiger partial charge in [-0.2, -0.15) is 0 Å². The highest BCUT2D eigenvalue weighted by Crippen LogP contribution is 2.35. The molecule has 1 unspecified atom stereocenters. The first kappa shape index (κ1) is 12.8. The topological polar surface area (TPSA) is 58.4 Å². The maximum Gasteiger partial charge on any atom is 0.234 e. The van der Waals surface area contributed by atoms with E-state index in [1.54, 1.807) is 0 Å². The molecule has 4 nitrogen and oxygen atoms in total.